The second-order valence-corrected chi connectivity index (χ2v) is 8.34. The van der Waals surface area contributed by atoms with Crippen LogP contribution in [-0.2, 0) is 9.59 Å². The van der Waals surface area contributed by atoms with Gasteiger partial charge in [0, 0.05) is 12.1 Å². The van der Waals surface area contributed by atoms with Gasteiger partial charge in [-0.1, -0.05) is 32.9 Å². The van der Waals surface area contributed by atoms with Gasteiger partial charge >= 0.3 is 0 Å². The van der Waals surface area contributed by atoms with Crippen LogP contribution in [0.3, 0.4) is 0 Å². The minimum atomic E-state index is -0.722. The van der Waals surface area contributed by atoms with Crippen molar-refractivity contribution in [3.63, 3.8) is 0 Å². The number of carbonyl (C=O) groups is 2. The molecule has 0 bridgehead atoms. The largest absolute Gasteiger partial charge is 0.507 e. The van der Waals surface area contributed by atoms with Gasteiger partial charge in [0.25, 0.3) is 11.7 Å². The molecule has 1 fully saturated rings. The number of rotatable bonds is 9. The highest BCUT2D eigenvalue weighted by Gasteiger charge is 2.45. The highest BCUT2D eigenvalue weighted by Crippen LogP contribution is 2.41. The van der Waals surface area contributed by atoms with Gasteiger partial charge in [-0.05, 0) is 48.2 Å². The number of hydrogen-bond donors (Lipinski definition) is 1. The van der Waals surface area contributed by atoms with E-state index in [0.29, 0.717) is 53.9 Å². The molecule has 0 saturated carbocycles. The van der Waals surface area contributed by atoms with Crippen molar-refractivity contribution in [1.82, 2.24) is 4.90 Å². The summed E-state index contributed by atoms with van der Waals surface area (Å²) in [7, 11) is 3.01. The number of hydrogen-bond acceptors (Lipinski definition) is 6. The summed E-state index contributed by atoms with van der Waals surface area (Å²) >= 11 is 0. The van der Waals surface area contributed by atoms with E-state index in [2.05, 4.69) is 13.8 Å². The van der Waals surface area contributed by atoms with Gasteiger partial charge < -0.3 is 24.2 Å². The highest BCUT2D eigenvalue weighted by molar-refractivity contribution is 6.46. The normalized spacial score (nSPS) is 17.5. The average Bonchev–Trinajstić information content (AvgIpc) is 3.07. The number of amides is 1. The van der Waals surface area contributed by atoms with Crippen LogP contribution < -0.4 is 14.2 Å². The van der Waals surface area contributed by atoms with Crippen molar-refractivity contribution in [2.24, 2.45) is 5.92 Å². The Labute approximate surface area is 194 Å². The molecule has 1 aliphatic heterocycles. The Morgan fingerprint density at radius 2 is 1.79 bits per heavy atom. The molecule has 3 rings (SSSR count). The first-order valence-electron chi connectivity index (χ1n) is 11.1. The van der Waals surface area contributed by atoms with Crippen LogP contribution in [0.2, 0.25) is 0 Å². The maximum absolute atomic E-state index is 13.1. The van der Waals surface area contributed by atoms with Crippen molar-refractivity contribution in [1.29, 1.82) is 0 Å². The van der Waals surface area contributed by atoms with Crippen molar-refractivity contribution in [2.75, 3.05) is 27.4 Å². The molecule has 1 saturated heterocycles. The third-order valence-corrected chi connectivity index (χ3v) is 5.42. The molecule has 0 spiro atoms. The molecule has 33 heavy (non-hydrogen) atoms. The third-order valence-electron chi connectivity index (χ3n) is 5.42. The van der Waals surface area contributed by atoms with Gasteiger partial charge in [0.2, 0.25) is 0 Å². The summed E-state index contributed by atoms with van der Waals surface area (Å²) in [5, 5.41) is 11.2. The van der Waals surface area contributed by atoms with Crippen LogP contribution in [0.1, 0.15) is 44.4 Å². The van der Waals surface area contributed by atoms with Gasteiger partial charge in [-0.2, -0.15) is 0 Å². The standard InChI is InChI=1S/C26H31NO6/c1-6-12-27-23(17-8-7-9-19(13-17)33-15-16(2)3)22(25(29)26(27)30)24(28)18-10-11-20(31-4)21(14-18)32-5/h7-11,13-14,16,23,28H,6,12,15H2,1-5H3/b24-22+. The van der Waals surface area contributed by atoms with Crippen molar-refractivity contribution in [3.05, 3.63) is 59.2 Å². The Morgan fingerprint density at radius 1 is 1.06 bits per heavy atom. The summed E-state index contributed by atoms with van der Waals surface area (Å²) in [5.41, 5.74) is 1.10. The van der Waals surface area contributed by atoms with E-state index in [1.165, 1.54) is 19.1 Å². The first kappa shape index (κ1) is 24.2. The summed E-state index contributed by atoms with van der Waals surface area (Å²) in [6.45, 7) is 6.98. The van der Waals surface area contributed by atoms with Gasteiger partial charge in [0.1, 0.15) is 11.5 Å². The van der Waals surface area contributed by atoms with Crippen LogP contribution in [0.25, 0.3) is 5.76 Å². The number of aliphatic hydroxyl groups is 1. The second kappa shape index (κ2) is 10.4. The van der Waals surface area contributed by atoms with Crippen LogP contribution in [-0.4, -0.2) is 49.1 Å². The molecule has 2 aromatic carbocycles. The topological polar surface area (TPSA) is 85.3 Å². The smallest absolute Gasteiger partial charge is 0.295 e. The predicted molar refractivity (Wildman–Crippen MR) is 126 cm³/mol. The molecular formula is C26H31NO6. The molecule has 7 heteroatoms. The van der Waals surface area contributed by atoms with Gasteiger partial charge in [-0.15, -0.1) is 0 Å². The van der Waals surface area contributed by atoms with Gasteiger partial charge in [0.15, 0.2) is 11.5 Å². The molecule has 7 nitrogen and oxygen atoms in total. The monoisotopic (exact) mass is 453 g/mol. The SMILES string of the molecule is CCCN1C(=O)C(=O)/C(=C(/O)c2ccc(OC)c(OC)c2)C1c1cccc(OCC(C)C)c1. The number of Topliss-reactive ketones (excluding diaryl/α,β-unsaturated/α-hetero) is 1. The third kappa shape index (κ3) is 4.97. The van der Waals surface area contributed by atoms with Crippen LogP contribution in [0.4, 0.5) is 0 Å². The number of carbonyl (C=O) groups excluding carboxylic acids is 2. The highest BCUT2D eigenvalue weighted by atomic mass is 16.5. The van der Waals surface area contributed by atoms with Crippen LogP contribution in [0, 0.1) is 5.92 Å². The lowest BCUT2D eigenvalue weighted by molar-refractivity contribution is -0.139. The van der Waals surface area contributed by atoms with E-state index in [-0.39, 0.29) is 11.3 Å². The van der Waals surface area contributed by atoms with Crippen molar-refractivity contribution < 1.29 is 28.9 Å². The van der Waals surface area contributed by atoms with Crippen molar-refractivity contribution in [2.45, 2.75) is 33.2 Å². The molecule has 1 N–H and O–H groups in total. The molecule has 2 aromatic rings. The molecule has 0 aliphatic carbocycles. The molecule has 1 aliphatic rings. The van der Waals surface area contributed by atoms with Crippen molar-refractivity contribution in [3.8, 4) is 17.2 Å². The molecule has 176 valence electrons. The lowest BCUT2D eigenvalue weighted by Gasteiger charge is -2.25. The number of nitrogens with zero attached hydrogens (tertiary/aromatic N) is 1. The van der Waals surface area contributed by atoms with Gasteiger partial charge in [-0.3, -0.25) is 9.59 Å². The summed E-state index contributed by atoms with van der Waals surface area (Å²) in [6, 6.07) is 11.5. The fourth-order valence-electron chi connectivity index (χ4n) is 3.87. The zero-order chi connectivity index (χ0) is 24.1. The first-order valence-corrected chi connectivity index (χ1v) is 11.1. The van der Waals surface area contributed by atoms with Gasteiger partial charge in [0.05, 0.1) is 32.4 Å². The maximum atomic E-state index is 13.1. The fourth-order valence-corrected chi connectivity index (χ4v) is 3.87. The molecule has 1 unspecified atom stereocenters. The minimum absolute atomic E-state index is 0.0432. The molecule has 1 atom stereocenters. The average molecular weight is 454 g/mol. The number of benzene rings is 2. The summed E-state index contributed by atoms with van der Waals surface area (Å²) in [4.78, 5) is 27.5. The fraction of sp³-hybridized carbons (Fsp3) is 0.385. The zero-order valence-electron chi connectivity index (χ0n) is 19.8. The van der Waals surface area contributed by atoms with E-state index < -0.39 is 17.7 Å². The Morgan fingerprint density at radius 3 is 2.42 bits per heavy atom. The number of methoxy groups -OCH3 is 2. The Bertz CT molecular complexity index is 1060. The summed E-state index contributed by atoms with van der Waals surface area (Å²) in [6.07, 6.45) is 0.670. The number of ketones is 1. The molecule has 1 heterocycles. The Hall–Kier alpha value is -3.48. The quantitative estimate of drug-likeness (QED) is 0.340. The summed E-state index contributed by atoms with van der Waals surface area (Å²) in [5.74, 6) is 0.300. The van der Waals surface area contributed by atoms with E-state index in [9.17, 15) is 14.7 Å². The van der Waals surface area contributed by atoms with E-state index in [1.54, 1.807) is 18.2 Å². The zero-order valence-corrected chi connectivity index (χ0v) is 19.8. The van der Waals surface area contributed by atoms with Crippen LogP contribution in [0.15, 0.2) is 48.0 Å². The number of ether oxygens (including phenoxy) is 3. The maximum Gasteiger partial charge on any atom is 0.295 e. The number of likely N-dealkylation sites (tertiary alicyclic amines) is 1. The van der Waals surface area contributed by atoms with Crippen LogP contribution >= 0.6 is 0 Å². The van der Waals surface area contributed by atoms with E-state index in [4.69, 9.17) is 14.2 Å². The lowest BCUT2D eigenvalue weighted by Crippen LogP contribution is -2.30. The van der Waals surface area contributed by atoms with Gasteiger partial charge in [-0.25, -0.2) is 0 Å². The predicted octanol–water partition coefficient (Wildman–Crippen LogP) is 4.57. The molecular weight excluding hydrogens is 422 g/mol. The van der Waals surface area contributed by atoms with E-state index >= 15 is 0 Å². The Kier molecular flexibility index (Phi) is 7.63. The first-order chi connectivity index (χ1) is 15.8. The van der Waals surface area contributed by atoms with Crippen molar-refractivity contribution >= 4 is 17.4 Å². The van der Waals surface area contributed by atoms with E-state index in [1.807, 2.05) is 31.2 Å². The number of aliphatic hydroxyl groups excluding tert-OH is 1. The molecule has 0 radical (unpaired) electrons. The summed E-state index contributed by atoms with van der Waals surface area (Å²) < 4.78 is 16.4. The lowest BCUT2D eigenvalue weighted by atomic mass is 9.95. The molecule has 0 aromatic heterocycles. The minimum Gasteiger partial charge on any atom is -0.507 e. The Balaban J connectivity index is 2.13. The second-order valence-electron chi connectivity index (χ2n) is 8.34. The molecule has 1 amide bonds. The van der Waals surface area contributed by atoms with Crippen LogP contribution in [0.5, 0.6) is 17.2 Å². The van der Waals surface area contributed by atoms with E-state index in [0.717, 1.165) is 0 Å².